The summed E-state index contributed by atoms with van der Waals surface area (Å²) in [5.41, 5.74) is 0.241. The molecule has 7 nitrogen and oxygen atoms in total. The van der Waals surface area contributed by atoms with Crippen LogP contribution in [-0.4, -0.2) is 44.3 Å². The van der Waals surface area contributed by atoms with Crippen molar-refractivity contribution in [3.63, 3.8) is 0 Å². The highest BCUT2D eigenvalue weighted by Crippen LogP contribution is 2.17. The number of carbonyl (C=O) groups excluding carboxylic acids is 3. The van der Waals surface area contributed by atoms with E-state index >= 15 is 0 Å². The van der Waals surface area contributed by atoms with Crippen LogP contribution in [0, 0.1) is 5.92 Å². The number of hydrogen-bond donors (Lipinski definition) is 0. The van der Waals surface area contributed by atoms with Gasteiger partial charge in [-0.25, -0.2) is 4.79 Å². The lowest BCUT2D eigenvalue weighted by Crippen LogP contribution is -2.35. The Labute approximate surface area is 152 Å². The predicted octanol–water partition coefficient (Wildman–Crippen LogP) is 2.30. The zero-order valence-electron chi connectivity index (χ0n) is 15.2. The highest BCUT2D eigenvalue weighted by Gasteiger charge is 2.33. The van der Waals surface area contributed by atoms with Crippen LogP contribution in [0.15, 0.2) is 42.5 Å². The van der Waals surface area contributed by atoms with Gasteiger partial charge in [-0.15, -0.1) is 0 Å². The first-order chi connectivity index (χ1) is 12.4. The third-order valence-corrected chi connectivity index (χ3v) is 3.40. The average molecular weight is 364 g/mol. The highest BCUT2D eigenvalue weighted by atomic mass is 16.6. The van der Waals surface area contributed by atoms with Crippen molar-refractivity contribution in [2.24, 2.45) is 5.92 Å². The van der Waals surface area contributed by atoms with E-state index in [9.17, 15) is 14.4 Å². The Hall–Kier alpha value is -2.67. The molecule has 142 valence electrons. The Morgan fingerprint density at radius 3 is 2.27 bits per heavy atom. The molecule has 7 heteroatoms. The first-order valence-corrected chi connectivity index (χ1v) is 8.17. The summed E-state index contributed by atoms with van der Waals surface area (Å²) < 4.78 is 20.4. The van der Waals surface area contributed by atoms with Crippen LogP contribution in [0.5, 0.6) is 5.75 Å². The summed E-state index contributed by atoms with van der Waals surface area (Å²) in [6.45, 7) is 6.63. The average Bonchev–Trinajstić information content (AvgIpc) is 2.62. The fourth-order valence-electron chi connectivity index (χ4n) is 1.99. The van der Waals surface area contributed by atoms with Gasteiger partial charge in [0.15, 0.2) is 5.92 Å². The second-order valence-electron chi connectivity index (χ2n) is 5.51. The third-order valence-electron chi connectivity index (χ3n) is 3.40. The monoisotopic (exact) mass is 364 g/mol. The Bertz CT molecular complexity index is 624. The summed E-state index contributed by atoms with van der Waals surface area (Å²) in [4.78, 5) is 36.1. The SMILES string of the molecule is C=C(C)C(=O)OCC(CC(C(=O)OCC)C(=O)Oc1ccccc1)OC. The van der Waals surface area contributed by atoms with E-state index in [4.69, 9.17) is 18.9 Å². The van der Waals surface area contributed by atoms with Gasteiger partial charge in [-0.2, -0.15) is 0 Å². The van der Waals surface area contributed by atoms with Crippen molar-refractivity contribution in [2.75, 3.05) is 20.3 Å². The molecule has 2 atom stereocenters. The predicted molar refractivity (Wildman–Crippen MR) is 93.4 cm³/mol. The van der Waals surface area contributed by atoms with Gasteiger partial charge in [0.2, 0.25) is 0 Å². The number of benzene rings is 1. The molecule has 0 heterocycles. The summed E-state index contributed by atoms with van der Waals surface area (Å²) in [5.74, 6) is -2.95. The molecule has 0 spiro atoms. The normalized spacial score (nSPS) is 12.6. The number of ether oxygens (including phenoxy) is 4. The Morgan fingerprint density at radius 1 is 1.08 bits per heavy atom. The Balaban J connectivity index is 2.80. The second-order valence-corrected chi connectivity index (χ2v) is 5.51. The summed E-state index contributed by atoms with van der Waals surface area (Å²) in [6.07, 6.45) is -0.735. The maximum absolute atomic E-state index is 12.4. The van der Waals surface area contributed by atoms with Gasteiger partial charge in [-0.05, 0) is 26.0 Å². The summed E-state index contributed by atoms with van der Waals surface area (Å²) >= 11 is 0. The van der Waals surface area contributed by atoms with Crippen LogP contribution < -0.4 is 4.74 Å². The molecule has 0 aromatic heterocycles. The molecular weight excluding hydrogens is 340 g/mol. The molecular formula is C19H24O7. The molecule has 0 amide bonds. The summed E-state index contributed by atoms with van der Waals surface area (Å²) in [7, 11) is 1.39. The largest absolute Gasteiger partial charge is 0.465 e. The molecule has 0 radical (unpaired) electrons. The summed E-state index contributed by atoms with van der Waals surface area (Å²) in [6, 6.07) is 8.39. The Morgan fingerprint density at radius 2 is 1.73 bits per heavy atom. The number of carbonyl (C=O) groups is 3. The van der Waals surface area contributed by atoms with Crippen LogP contribution >= 0.6 is 0 Å². The van der Waals surface area contributed by atoms with Crippen LogP contribution in [0.2, 0.25) is 0 Å². The number of rotatable bonds is 10. The molecule has 0 fully saturated rings. The van der Waals surface area contributed by atoms with Gasteiger partial charge in [0, 0.05) is 19.1 Å². The van der Waals surface area contributed by atoms with E-state index in [1.165, 1.54) is 14.0 Å². The highest BCUT2D eigenvalue weighted by molar-refractivity contribution is 5.95. The number of para-hydroxylation sites is 1. The van der Waals surface area contributed by atoms with Crippen molar-refractivity contribution in [3.8, 4) is 5.75 Å². The number of hydrogen-bond acceptors (Lipinski definition) is 7. The van der Waals surface area contributed by atoms with E-state index in [0.29, 0.717) is 5.75 Å². The van der Waals surface area contributed by atoms with Gasteiger partial charge in [0.1, 0.15) is 12.4 Å². The smallest absolute Gasteiger partial charge is 0.333 e. The lowest BCUT2D eigenvalue weighted by atomic mass is 10.0. The molecule has 1 rings (SSSR count). The van der Waals surface area contributed by atoms with E-state index in [-0.39, 0.29) is 25.2 Å². The molecule has 1 aromatic rings. The maximum Gasteiger partial charge on any atom is 0.333 e. The molecule has 0 aliphatic carbocycles. The van der Waals surface area contributed by atoms with Crippen molar-refractivity contribution < 1.29 is 33.3 Å². The topological polar surface area (TPSA) is 88.1 Å². The molecule has 0 saturated carbocycles. The molecule has 26 heavy (non-hydrogen) atoms. The van der Waals surface area contributed by atoms with E-state index in [1.54, 1.807) is 37.3 Å². The van der Waals surface area contributed by atoms with Crippen LogP contribution in [0.1, 0.15) is 20.3 Å². The van der Waals surface area contributed by atoms with E-state index in [0.717, 1.165) is 0 Å². The summed E-state index contributed by atoms with van der Waals surface area (Å²) in [5, 5.41) is 0. The van der Waals surface area contributed by atoms with Gasteiger partial charge < -0.3 is 18.9 Å². The number of esters is 3. The van der Waals surface area contributed by atoms with Crippen LogP contribution in [-0.2, 0) is 28.6 Å². The zero-order chi connectivity index (χ0) is 19.5. The second kappa shape index (κ2) is 11.0. The molecule has 1 aromatic carbocycles. The van der Waals surface area contributed by atoms with Crippen molar-refractivity contribution in [2.45, 2.75) is 26.4 Å². The fourth-order valence-corrected chi connectivity index (χ4v) is 1.99. The lowest BCUT2D eigenvalue weighted by Gasteiger charge is -2.20. The number of methoxy groups -OCH3 is 1. The van der Waals surface area contributed by atoms with Crippen molar-refractivity contribution in [1.29, 1.82) is 0 Å². The van der Waals surface area contributed by atoms with Gasteiger partial charge in [0.05, 0.1) is 12.7 Å². The minimum absolute atomic E-state index is 0.0511. The van der Waals surface area contributed by atoms with E-state index in [1.807, 2.05) is 0 Å². The van der Waals surface area contributed by atoms with Crippen molar-refractivity contribution in [3.05, 3.63) is 42.5 Å². The third kappa shape index (κ3) is 7.06. The van der Waals surface area contributed by atoms with E-state index in [2.05, 4.69) is 6.58 Å². The molecule has 0 bridgehead atoms. The van der Waals surface area contributed by atoms with E-state index < -0.39 is 29.9 Å². The molecule has 2 unspecified atom stereocenters. The fraction of sp³-hybridized carbons (Fsp3) is 0.421. The Kier molecular flexibility index (Phi) is 9.08. The van der Waals surface area contributed by atoms with Gasteiger partial charge >= 0.3 is 17.9 Å². The van der Waals surface area contributed by atoms with Crippen molar-refractivity contribution >= 4 is 17.9 Å². The van der Waals surface area contributed by atoms with Gasteiger partial charge in [-0.3, -0.25) is 9.59 Å². The van der Waals surface area contributed by atoms with Crippen LogP contribution in [0.4, 0.5) is 0 Å². The lowest BCUT2D eigenvalue weighted by molar-refractivity contribution is -0.159. The molecule has 0 aliphatic rings. The van der Waals surface area contributed by atoms with Gasteiger partial charge in [-0.1, -0.05) is 24.8 Å². The zero-order valence-corrected chi connectivity index (χ0v) is 15.2. The quantitative estimate of drug-likeness (QED) is 0.272. The molecule has 0 N–H and O–H groups in total. The molecule has 0 saturated heterocycles. The first-order valence-electron chi connectivity index (χ1n) is 8.17. The van der Waals surface area contributed by atoms with Gasteiger partial charge in [0.25, 0.3) is 0 Å². The first kappa shape index (κ1) is 21.4. The van der Waals surface area contributed by atoms with Crippen LogP contribution in [0.25, 0.3) is 0 Å². The van der Waals surface area contributed by atoms with Crippen molar-refractivity contribution in [1.82, 2.24) is 0 Å². The van der Waals surface area contributed by atoms with Crippen LogP contribution in [0.3, 0.4) is 0 Å². The molecule has 0 aliphatic heterocycles. The standard InChI is InChI=1S/C19H24O7/c1-5-24-18(21)16(19(22)26-14-9-7-6-8-10-14)11-15(23-4)12-25-17(20)13(2)3/h6-10,15-16H,2,5,11-12H2,1,3-4H3. The maximum atomic E-state index is 12.4. The minimum atomic E-state index is -1.20. The minimum Gasteiger partial charge on any atom is -0.465 e.